The average molecular weight is 276 g/mol. The summed E-state index contributed by atoms with van der Waals surface area (Å²) in [5.74, 6) is 0.0512. The Morgan fingerprint density at radius 2 is 1.95 bits per heavy atom. The van der Waals surface area contributed by atoms with Crippen LogP contribution in [0.1, 0.15) is 28.5 Å². The standard InChI is InChI=1S/C18H16N2O/c1-12-17(16-8-3-4-9-18(16)20-12)11-19-15-7-5-6-14(10-15)13(2)21/h3-11,20H,1-2H3. The van der Waals surface area contributed by atoms with E-state index in [-0.39, 0.29) is 5.78 Å². The highest BCUT2D eigenvalue weighted by Gasteiger charge is 2.05. The molecule has 0 aliphatic rings. The number of aromatic nitrogens is 1. The summed E-state index contributed by atoms with van der Waals surface area (Å²) < 4.78 is 0. The van der Waals surface area contributed by atoms with E-state index in [1.165, 1.54) is 0 Å². The number of aliphatic imine (C=N–C) groups is 1. The van der Waals surface area contributed by atoms with Crippen molar-refractivity contribution < 1.29 is 4.79 Å². The summed E-state index contributed by atoms with van der Waals surface area (Å²) in [6.45, 7) is 3.60. The predicted octanol–water partition coefficient (Wildman–Crippen LogP) is 4.43. The first-order chi connectivity index (χ1) is 10.1. The molecule has 0 aliphatic heterocycles. The van der Waals surface area contributed by atoms with Gasteiger partial charge in [0.2, 0.25) is 0 Å². The van der Waals surface area contributed by atoms with Gasteiger partial charge in [0.1, 0.15) is 0 Å². The maximum atomic E-state index is 11.4. The molecule has 0 radical (unpaired) electrons. The van der Waals surface area contributed by atoms with Gasteiger partial charge in [-0.1, -0.05) is 30.3 Å². The third-order valence-corrected chi connectivity index (χ3v) is 3.54. The van der Waals surface area contributed by atoms with Crippen LogP contribution in [-0.2, 0) is 0 Å². The zero-order valence-electron chi connectivity index (χ0n) is 12.1. The zero-order valence-corrected chi connectivity index (χ0v) is 12.1. The number of carbonyl (C=O) groups is 1. The Balaban J connectivity index is 2.00. The Hall–Kier alpha value is -2.68. The van der Waals surface area contributed by atoms with Crippen LogP contribution in [-0.4, -0.2) is 17.0 Å². The molecule has 3 nitrogen and oxygen atoms in total. The van der Waals surface area contributed by atoms with E-state index in [1.807, 2.05) is 43.5 Å². The third-order valence-electron chi connectivity index (χ3n) is 3.54. The molecule has 104 valence electrons. The first-order valence-electron chi connectivity index (χ1n) is 6.87. The van der Waals surface area contributed by atoms with Gasteiger partial charge in [0, 0.05) is 33.9 Å². The number of rotatable bonds is 3. The van der Waals surface area contributed by atoms with E-state index < -0.39 is 0 Å². The summed E-state index contributed by atoms with van der Waals surface area (Å²) >= 11 is 0. The molecule has 0 amide bonds. The molecule has 0 spiro atoms. The van der Waals surface area contributed by atoms with Crippen molar-refractivity contribution in [1.82, 2.24) is 4.98 Å². The van der Waals surface area contributed by atoms with Crippen LogP contribution in [0.3, 0.4) is 0 Å². The number of fused-ring (bicyclic) bond motifs is 1. The van der Waals surface area contributed by atoms with E-state index in [4.69, 9.17) is 0 Å². The lowest BCUT2D eigenvalue weighted by molar-refractivity contribution is 0.101. The van der Waals surface area contributed by atoms with Crippen molar-refractivity contribution in [2.75, 3.05) is 0 Å². The van der Waals surface area contributed by atoms with Crippen molar-refractivity contribution >= 4 is 28.6 Å². The molecule has 0 saturated heterocycles. The number of ketones is 1. The van der Waals surface area contributed by atoms with Crippen LogP contribution in [0.25, 0.3) is 10.9 Å². The van der Waals surface area contributed by atoms with Crippen molar-refractivity contribution in [3.8, 4) is 0 Å². The minimum Gasteiger partial charge on any atom is -0.358 e. The van der Waals surface area contributed by atoms with Crippen LogP contribution >= 0.6 is 0 Å². The van der Waals surface area contributed by atoms with Crippen molar-refractivity contribution in [3.05, 3.63) is 65.4 Å². The molecule has 0 unspecified atom stereocenters. The fourth-order valence-corrected chi connectivity index (χ4v) is 2.41. The number of nitrogens with one attached hydrogen (secondary N) is 1. The largest absolute Gasteiger partial charge is 0.358 e. The van der Waals surface area contributed by atoms with E-state index in [0.717, 1.165) is 27.8 Å². The number of aromatic amines is 1. The van der Waals surface area contributed by atoms with Crippen molar-refractivity contribution in [2.24, 2.45) is 4.99 Å². The second-order valence-electron chi connectivity index (χ2n) is 5.07. The number of nitrogens with zero attached hydrogens (tertiary/aromatic N) is 1. The van der Waals surface area contributed by atoms with Crippen LogP contribution in [0.15, 0.2) is 53.5 Å². The first kappa shape index (κ1) is 13.3. The number of H-pyrrole nitrogens is 1. The highest BCUT2D eigenvalue weighted by atomic mass is 16.1. The van der Waals surface area contributed by atoms with E-state index in [1.54, 1.807) is 13.0 Å². The molecule has 0 fully saturated rings. The van der Waals surface area contributed by atoms with Gasteiger partial charge >= 0.3 is 0 Å². The molecule has 0 bridgehead atoms. The second kappa shape index (κ2) is 5.37. The monoisotopic (exact) mass is 276 g/mol. The molecule has 1 N–H and O–H groups in total. The summed E-state index contributed by atoms with van der Waals surface area (Å²) in [6, 6.07) is 15.5. The molecule has 1 heterocycles. The molecule has 2 aromatic carbocycles. The lowest BCUT2D eigenvalue weighted by atomic mass is 10.1. The number of aryl methyl sites for hydroxylation is 1. The topological polar surface area (TPSA) is 45.2 Å². The molecule has 1 aromatic heterocycles. The van der Waals surface area contributed by atoms with Crippen LogP contribution in [0, 0.1) is 6.92 Å². The molecule has 21 heavy (non-hydrogen) atoms. The molecule has 3 aromatic rings. The number of carbonyl (C=O) groups excluding carboxylic acids is 1. The van der Waals surface area contributed by atoms with Gasteiger partial charge in [-0.15, -0.1) is 0 Å². The van der Waals surface area contributed by atoms with E-state index >= 15 is 0 Å². The smallest absolute Gasteiger partial charge is 0.159 e. The first-order valence-corrected chi connectivity index (χ1v) is 6.87. The maximum Gasteiger partial charge on any atom is 0.159 e. The van der Waals surface area contributed by atoms with Crippen LogP contribution < -0.4 is 0 Å². The quantitative estimate of drug-likeness (QED) is 0.558. The third kappa shape index (κ3) is 2.63. The molecule has 3 heteroatoms. The van der Waals surface area contributed by atoms with Crippen LogP contribution in [0.2, 0.25) is 0 Å². The van der Waals surface area contributed by atoms with E-state index in [2.05, 4.69) is 22.1 Å². The van der Waals surface area contributed by atoms with Crippen molar-refractivity contribution in [1.29, 1.82) is 0 Å². The van der Waals surface area contributed by atoms with Crippen LogP contribution in [0.5, 0.6) is 0 Å². The summed E-state index contributed by atoms with van der Waals surface area (Å²) in [4.78, 5) is 19.3. The van der Waals surface area contributed by atoms with Crippen molar-refractivity contribution in [2.45, 2.75) is 13.8 Å². The Bertz CT molecular complexity index is 843. The van der Waals surface area contributed by atoms with Gasteiger partial charge in [-0.3, -0.25) is 9.79 Å². The Kier molecular flexibility index (Phi) is 3.40. The van der Waals surface area contributed by atoms with Gasteiger partial charge in [0.15, 0.2) is 5.78 Å². The van der Waals surface area contributed by atoms with Gasteiger partial charge < -0.3 is 4.98 Å². The summed E-state index contributed by atoms with van der Waals surface area (Å²) in [5, 5.41) is 1.15. The fourth-order valence-electron chi connectivity index (χ4n) is 2.41. The van der Waals surface area contributed by atoms with E-state index in [9.17, 15) is 4.79 Å². The lowest BCUT2D eigenvalue weighted by Gasteiger charge is -1.98. The Morgan fingerprint density at radius 3 is 2.76 bits per heavy atom. The van der Waals surface area contributed by atoms with Crippen molar-refractivity contribution in [3.63, 3.8) is 0 Å². The number of benzene rings is 2. The lowest BCUT2D eigenvalue weighted by Crippen LogP contribution is -1.90. The summed E-state index contributed by atoms with van der Waals surface area (Å²) in [7, 11) is 0. The van der Waals surface area contributed by atoms with Gasteiger partial charge in [-0.2, -0.15) is 0 Å². The normalized spacial score (nSPS) is 11.3. The predicted molar refractivity (Wildman–Crippen MR) is 86.7 cm³/mol. The molecule has 0 atom stereocenters. The number of hydrogen-bond acceptors (Lipinski definition) is 2. The van der Waals surface area contributed by atoms with Gasteiger partial charge in [-0.25, -0.2) is 0 Å². The SMILES string of the molecule is CC(=O)c1cccc(N=Cc2c(C)[nH]c3ccccc23)c1. The molecule has 0 aliphatic carbocycles. The van der Waals surface area contributed by atoms with Gasteiger partial charge in [-0.05, 0) is 32.0 Å². The minimum atomic E-state index is 0.0512. The fraction of sp³-hybridized carbons (Fsp3) is 0.111. The van der Waals surface area contributed by atoms with E-state index in [0.29, 0.717) is 5.56 Å². The molecular weight excluding hydrogens is 260 g/mol. The highest BCUT2D eigenvalue weighted by molar-refractivity contribution is 6.01. The Morgan fingerprint density at radius 1 is 1.14 bits per heavy atom. The molecule has 0 saturated carbocycles. The van der Waals surface area contributed by atoms with Gasteiger partial charge in [0.25, 0.3) is 0 Å². The number of Topliss-reactive ketones (excluding diaryl/α,β-unsaturated/α-hetero) is 1. The summed E-state index contributed by atoms with van der Waals surface area (Å²) in [5.41, 5.74) is 4.74. The summed E-state index contributed by atoms with van der Waals surface area (Å²) in [6.07, 6.45) is 1.85. The number of hydrogen-bond donors (Lipinski definition) is 1. The average Bonchev–Trinajstić information content (AvgIpc) is 2.81. The highest BCUT2D eigenvalue weighted by Crippen LogP contribution is 2.21. The van der Waals surface area contributed by atoms with Gasteiger partial charge in [0.05, 0.1) is 5.69 Å². The number of para-hydroxylation sites is 1. The molecular formula is C18H16N2O. The Labute approximate surface area is 123 Å². The second-order valence-corrected chi connectivity index (χ2v) is 5.07. The zero-order chi connectivity index (χ0) is 14.8. The van der Waals surface area contributed by atoms with Crippen LogP contribution in [0.4, 0.5) is 5.69 Å². The maximum absolute atomic E-state index is 11.4. The molecule has 3 rings (SSSR count). The minimum absolute atomic E-state index is 0.0512.